The predicted octanol–water partition coefficient (Wildman–Crippen LogP) is 7.00. The van der Waals surface area contributed by atoms with Crippen molar-refractivity contribution in [2.45, 2.75) is 20.3 Å². The minimum absolute atomic E-state index is 0.589. The number of hydrogen-bond donors (Lipinski definition) is 0. The monoisotopic (exact) mass is 351 g/mol. The zero-order valence-electron chi connectivity index (χ0n) is 15.6. The largest absolute Gasteiger partial charge is 0.455 e. The first-order valence-corrected chi connectivity index (χ1v) is 9.50. The van der Waals surface area contributed by atoms with E-state index in [0.29, 0.717) is 5.92 Å². The lowest BCUT2D eigenvalue weighted by molar-refractivity contribution is 0.650. The fraction of sp³-hybridized carbons (Fsp3) is 0.160. The maximum atomic E-state index is 6.23. The Morgan fingerprint density at radius 2 is 1.56 bits per heavy atom. The highest BCUT2D eigenvalue weighted by atomic mass is 16.3. The van der Waals surface area contributed by atoms with Gasteiger partial charge in [0.2, 0.25) is 0 Å². The molecule has 0 N–H and O–H groups in total. The third-order valence-corrected chi connectivity index (χ3v) is 5.11. The van der Waals surface area contributed by atoms with Crippen LogP contribution in [0.4, 0.5) is 0 Å². The number of para-hydroxylation sites is 3. The van der Waals surface area contributed by atoms with Gasteiger partial charge in [-0.2, -0.15) is 0 Å². The van der Waals surface area contributed by atoms with Crippen LogP contribution in [0.1, 0.15) is 19.4 Å². The second-order valence-electron chi connectivity index (χ2n) is 7.56. The van der Waals surface area contributed by atoms with Crippen LogP contribution >= 0.6 is 0 Å². The predicted molar refractivity (Wildman–Crippen MR) is 113 cm³/mol. The molecule has 0 saturated carbocycles. The molecule has 0 atom stereocenters. The molecule has 0 aliphatic rings. The van der Waals surface area contributed by atoms with E-state index in [2.05, 4.69) is 74.5 Å². The van der Waals surface area contributed by atoms with Gasteiger partial charge in [-0.15, -0.1) is 0 Å². The highest BCUT2D eigenvalue weighted by molar-refractivity contribution is 6.09. The summed E-state index contributed by atoms with van der Waals surface area (Å²) in [6.45, 7) is 4.52. The van der Waals surface area contributed by atoms with Crippen molar-refractivity contribution in [1.29, 1.82) is 0 Å². The number of nitrogens with zero attached hydrogens (tertiary/aromatic N) is 1. The summed E-state index contributed by atoms with van der Waals surface area (Å²) in [6.07, 6.45) is 1.03. The fourth-order valence-electron chi connectivity index (χ4n) is 3.94. The minimum atomic E-state index is 0.589. The number of aromatic nitrogens is 1. The maximum Gasteiger partial charge on any atom is 0.144 e. The summed E-state index contributed by atoms with van der Waals surface area (Å²) in [7, 11) is 0. The van der Waals surface area contributed by atoms with Crippen LogP contribution in [-0.4, -0.2) is 4.98 Å². The number of benzene rings is 3. The summed E-state index contributed by atoms with van der Waals surface area (Å²) < 4.78 is 6.23. The second kappa shape index (κ2) is 6.24. The van der Waals surface area contributed by atoms with Gasteiger partial charge in [0, 0.05) is 21.7 Å². The van der Waals surface area contributed by atoms with E-state index in [1.807, 2.05) is 12.1 Å². The molecule has 0 aliphatic carbocycles. The van der Waals surface area contributed by atoms with Crippen molar-refractivity contribution >= 4 is 32.8 Å². The van der Waals surface area contributed by atoms with Gasteiger partial charge < -0.3 is 4.42 Å². The molecule has 3 aromatic carbocycles. The number of pyridine rings is 1. The van der Waals surface area contributed by atoms with Crippen molar-refractivity contribution in [2.24, 2.45) is 5.92 Å². The Hall–Kier alpha value is -3.13. The van der Waals surface area contributed by atoms with Gasteiger partial charge in [0.25, 0.3) is 0 Å². The molecule has 0 spiro atoms. The van der Waals surface area contributed by atoms with Crippen molar-refractivity contribution in [3.8, 4) is 11.3 Å². The van der Waals surface area contributed by atoms with Crippen molar-refractivity contribution in [1.82, 2.24) is 4.98 Å². The number of rotatable bonds is 3. The summed E-state index contributed by atoms with van der Waals surface area (Å²) in [5.74, 6) is 0.589. The summed E-state index contributed by atoms with van der Waals surface area (Å²) in [5.41, 5.74) is 6.26. The lowest BCUT2D eigenvalue weighted by Gasteiger charge is -2.12. The average molecular weight is 351 g/mol. The van der Waals surface area contributed by atoms with Crippen LogP contribution in [0.5, 0.6) is 0 Å². The van der Waals surface area contributed by atoms with E-state index in [4.69, 9.17) is 9.40 Å². The highest BCUT2D eigenvalue weighted by Gasteiger charge is 2.15. The summed E-state index contributed by atoms with van der Waals surface area (Å²) in [6, 6.07) is 25.2. The van der Waals surface area contributed by atoms with Crippen LogP contribution < -0.4 is 0 Å². The number of hydrogen-bond acceptors (Lipinski definition) is 2. The van der Waals surface area contributed by atoms with Gasteiger partial charge in [0.05, 0.1) is 11.2 Å². The van der Waals surface area contributed by atoms with Crippen molar-refractivity contribution in [3.63, 3.8) is 0 Å². The van der Waals surface area contributed by atoms with E-state index < -0.39 is 0 Å². The minimum Gasteiger partial charge on any atom is -0.455 e. The molecule has 0 fully saturated rings. The van der Waals surface area contributed by atoms with E-state index >= 15 is 0 Å². The zero-order valence-corrected chi connectivity index (χ0v) is 15.6. The fourth-order valence-corrected chi connectivity index (χ4v) is 3.94. The van der Waals surface area contributed by atoms with E-state index in [1.54, 1.807) is 0 Å². The Bertz CT molecular complexity index is 1280. The molecule has 0 aliphatic heterocycles. The molecular weight excluding hydrogens is 330 g/mol. The molecule has 2 aromatic heterocycles. The van der Waals surface area contributed by atoms with Crippen LogP contribution in [0.15, 0.2) is 77.2 Å². The smallest absolute Gasteiger partial charge is 0.144 e. The van der Waals surface area contributed by atoms with Gasteiger partial charge in [-0.1, -0.05) is 62.4 Å². The van der Waals surface area contributed by atoms with Gasteiger partial charge in [-0.3, -0.25) is 0 Å². The molecule has 2 nitrogen and oxygen atoms in total. The van der Waals surface area contributed by atoms with Gasteiger partial charge in [-0.25, -0.2) is 4.98 Å². The molecular formula is C25H21NO. The lowest BCUT2D eigenvalue weighted by atomic mass is 9.96. The van der Waals surface area contributed by atoms with Gasteiger partial charge in [-0.05, 0) is 42.2 Å². The Balaban J connectivity index is 1.80. The Kier molecular flexibility index (Phi) is 3.71. The molecule has 2 heteroatoms. The van der Waals surface area contributed by atoms with Gasteiger partial charge in [0.15, 0.2) is 0 Å². The quantitative estimate of drug-likeness (QED) is 0.350. The summed E-state index contributed by atoms with van der Waals surface area (Å²) in [5, 5.41) is 3.53. The molecule has 0 saturated heterocycles. The molecule has 0 amide bonds. The van der Waals surface area contributed by atoms with Crippen LogP contribution in [-0.2, 0) is 6.42 Å². The highest BCUT2D eigenvalue weighted by Crippen LogP contribution is 2.36. The summed E-state index contributed by atoms with van der Waals surface area (Å²) >= 11 is 0. The maximum absolute atomic E-state index is 6.23. The molecule has 27 heavy (non-hydrogen) atoms. The molecule has 5 aromatic rings. The van der Waals surface area contributed by atoms with E-state index in [9.17, 15) is 0 Å². The van der Waals surface area contributed by atoms with E-state index in [0.717, 1.165) is 45.1 Å². The van der Waals surface area contributed by atoms with Crippen molar-refractivity contribution < 1.29 is 4.42 Å². The first-order valence-electron chi connectivity index (χ1n) is 9.50. The molecule has 0 radical (unpaired) electrons. The van der Waals surface area contributed by atoms with E-state index in [1.165, 1.54) is 10.9 Å². The third-order valence-electron chi connectivity index (χ3n) is 5.11. The first kappa shape index (κ1) is 16.1. The molecule has 5 rings (SSSR count). The normalized spacial score (nSPS) is 11.8. The zero-order chi connectivity index (χ0) is 18.4. The molecule has 0 unspecified atom stereocenters. The summed E-state index contributed by atoms with van der Waals surface area (Å²) in [4.78, 5) is 4.97. The average Bonchev–Trinajstić information content (AvgIpc) is 3.06. The molecule has 0 bridgehead atoms. The van der Waals surface area contributed by atoms with Crippen LogP contribution in [0.2, 0.25) is 0 Å². The number of furan rings is 1. The van der Waals surface area contributed by atoms with Crippen LogP contribution in [0.3, 0.4) is 0 Å². The SMILES string of the molecule is CC(C)Cc1cc(-c2cccc3c2oc2ccccc23)nc2ccccc12. The van der Waals surface area contributed by atoms with Crippen molar-refractivity contribution in [2.75, 3.05) is 0 Å². The first-order chi connectivity index (χ1) is 13.2. The van der Waals surface area contributed by atoms with E-state index in [-0.39, 0.29) is 0 Å². The molecule has 2 heterocycles. The standard InChI is InChI=1S/C25H21NO/c1-16(2)14-17-15-23(26-22-12-5-3-8-18(17)22)21-11-7-10-20-19-9-4-6-13-24(19)27-25(20)21/h3-13,15-16H,14H2,1-2H3. The van der Waals surface area contributed by atoms with Crippen LogP contribution in [0.25, 0.3) is 44.1 Å². The topological polar surface area (TPSA) is 26.0 Å². The Morgan fingerprint density at radius 1 is 0.815 bits per heavy atom. The van der Waals surface area contributed by atoms with Crippen molar-refractivity contribution in [3.05, 3.63) is 78.4 Å². The van der Waals surface area contributed by atoms with Gasteiger partial charge >= 0.3 is 0 Å². The van der Waals surface area contributed by atoms with Crippen LogP contribution in [0, 0.1) is 5.92 Å². The Morgan fingerprint density at radius 3 is 2.41 bits per heavy atom. The third kappa shape index (κ3) is 2.69. The second-order valence-corrected chi connectivity index (χ2v) is 7.56. The van der Waals surface area contributed by atoms with Gasteiger partial charge in [0.1, 0.15) is 11.2 Å². The Labute approximate surface area is 158 Å². The lowest BCUT2D eigenvalue weighted by Crippen LogP contribution is -1.98. The molecule has 132 valence electrons. The number of fused-ring (bicyclic) bond motifs is 4.